The van der Waals surface area contributed by atoms with Crippen molar-refractivity contribution < 1.29 is 42.3 Å². The van der Waals surface area contributed by atoms with Crippen LogP contribution >= 0.6 is 7.60 Å². The first kappa shape index (κ1) is 37.4. The van der Waals surface area contributed by atoms with Gasteiger partial charge in [0.2, 0.25) is 0 Å². The zero-order chi connectivity index (χ0) is 33.3. The maximum atomic E-state index is 14.3. The van der Waals surface area contributed by atoms with Crippen LogP contribution < -0.4 is 5.32 Å². The zero-order valence-electron chi connectivity index (χ0n) is 27.4. The van der Waals surface area contributed by atoms with Crippen molar-refractivity contribution >= 4 is 25.7 Å². The van der Waals surface area contributed by atoms with E-state index in [2.05, 4.69) is 12.2 Å². The van der Waals surface area contributed by atoms with E-state index in [1.807, 2.05) is 60.7 Å². The molecule has 0 aromatic heterocycles. The maximum Gasteiger partial charge on any atom is 0.521 e. The van der Waals surface area contributed by atoms with Crippen LogP contribution in [0, 0.1) is 0 Å². The summed E-state index contributed by atoms with van der Waals surface area (Å²) < 4.78 is 31.0. The molecule has 2 aromatic rings. The molecule has 0 spiro atoms. The molecule has 0 bridgehead atoms. The smallest absolute Gasteiger partial charge is 0.445 e. The predicted molar refractivity (Wildman–Crippen MR) is 177 cm³/mol. The average molecular weight is 660 g/mol. The third-order valence-corrected chi connectivity index (χ3v) is 10.6. The number of nitrogens with zero attached hydrogens (tertiary/aromatic N) is 1. The molecule has 2 unspecified atom stereocenters. The number of hydrogen-bond donors (Lipinski definition) is 2. The standard InChI is InChI=1S/C35H51N2O8P/c1-3-4-5-6-7-16-26-46(42,44-28-31-21-12-9-13-22-31)45-32(33(38)37(35(40)41)25-17-18-29(37)2)23-14-15-24-36-34(39)43-27-30-19-10-8-11-20-30/h8-13,19-22,29,32H,3-7,14-18,23-28H2,1-2H3,(H-,36,39,40,41)/p+1/t29-,32+,37?,46?/m1/s1. The molecule has 11 heteroatoms. The Hall–Kier alpha value is -3.04. The Balaban J connectivity index is 1.68. The highest BCUT2D eigenvalue weighted by Gasteiger charge is 2.56. The van der Waals surface area contributed by atoms with Crippen molar-refractivity contribution in [2.24, 2.45) is 0 Å². The summed E-state index contributed by atoms with van der Waals surface area (Å²) in [6.07, 6.45) is 5.24. The van der Waals surface area contributed by atoms with Crippen molar-refractivity contribution in [1.29, 1.82) is 0 Å². The lowest BCUT2D eigenvalue weighted by Gasteiger charge is -2.33. The number of imide groups is 1. The number of rotatable bonds is 20. The Labute approximate surface area is 273 Å². The van der Waals surface area contributed by atoms with E-state index in [1.165, 1.54) is 0 Å². The van der Waals surface area contributed by atoms with Gasteiger partial charge in [-0.15, -0.1) is 0 Å². The minimum Gasteiger partial charge on any atom is -0.445 e. The maximum absolute atomic E-state index is 14.3. The van der Waals surface area contributed by atoms with E-state index in [4.69, 9.17) is 13.8 Å². The zero-order valence-corrected chi connectivity index (χ0v) is 28.3. The summed E-state index contributed by atoms with van der Waals surface area (Å²) in [6.45, 7) is 4.59. The molecular weight excluding hydrogens is 607 g/mol. The van der Waals surface area contributed by atoms with Crippen LogP contribution in [0.2, 0.25) is 0 Å². The normalized spacial score (nSPS) is 19.7. The lowest BCUT2D eigenvalue weighted by atomic mass is 10.1. The van der Waals surface area contributed by atoms with Gasteiger partial charge in [0.05, 0.1) is 19.3 Å². The van der Waals surface area contributed by atoms with E-state index in [0.717, 1.165) is 43.2 Å². The third kappa shape index (κ3) is 11.6. The summed E-state index contributed by atoms with van der Waals surface area (Å²) in [6, 6.07) is 18.3. The molecule has 2 aromatic carbocycles. The second-order valence-corrected chi connectivity index (χ2v) is 14.3. The fourth-order valence-corrected chi connectivity index (χ4v) is 7.69. The predicted octanol–water partition coefficient (Wildman–Crippen LogP) is 8.44. The van der Waals surface area contributed by atoms with Gasteiger partial charge in [-0.2, -0.15) is 9.28 Å². The van der Waals surface area contributed by atoms with E-state index in [1.54, 1.807) is 6.92 Å². The molecule has 3 rings (SSSR count). The fourth-order valence-electron chi connectivity index (χ4n) is 5.85. The second kappa shape index (κ2) is 19.6. The highest BCUT2D eigenvalue weighted by Crippen LogP contribution is 2.52. The lowest BCUT2D eigenvalue weighted by Crippen LogP contribution is -2.62. The van der Waals surface area contributed by atoms with Crippen LogP contribution in [0.1, 0.15) is 95.6 Å². The first-order valence-corrected chi connectivity index (χ1v) is 18.5. The van der Waals surface area contributed by atoms with Crippen molar-refractivity contribution in [2.75, 3.05) is 19.3 Å². The van der Waals surface area contributed by atoms with E-state index in [-0.39, 0.29) is 32.3 Å². The number of amides is 3. The molecule has 2 N–H and O–H groups in total. The summed E-state index contributed by atoms with van der Waals surface area (Å²) in [5, 5.41) is 13.0. The molecule has 1 saturated heterocycles. The van der Waals surface area contributed by atoms with Gasteiger partial charge in [-0.25, -0.2) is 9.59 Å². The van der Waals surface area contributed by atoms with Crippen LogP contribution in [0.25, 0.3) is 0 Å². The molecule has 254 valence electrons. The van der Waals surface area contributed by atoms with Crippen LogP contribution in [-0.4, -0.2) is 59.1 Å². The number of carbonyl (C=O) groups is 3. The summed E-state index contributed by atoms with van der Waals surface area (Å²) in [5.41, 5.74) is 1.70. The van der Waals surface area contributed by atoms with Gasteiger partial charge in [0.25, 0.3) is 0 Å². The first-order valence-electron chi connectivity index (χ1n) is 16.8. The van der Waals surface area contributed by atoms with Crippen molar-refractivity contribution in [3.63, 3.8) is 0 Å². The number of likely N-dealkylation sites (tertiary alicyclic amines) is 1. The lowest BCUT2D eigenvalue weighted by molar-refractivity contribution is -0.794. The number of ether oxygens (including phenoxy) is 1. The Morgan fingerprint density at radius 2 is 1.54 bits per heavy atom. The first-order chi connectivity index (χ1) is 22.2. The quantitative estimate of drug-likeness (QED) is 0.0823. The summed E-state index contributed by atoms with van der Waals surface area (Å²) >= 11 is 0. The molecule has 1 aliphatic rings. The monoisotopic (exact) mass is 659 g/mol. The largest absolute Gasteiger partial charge is 0.521 e. The van der Waals surface area contributed by atoms with Crippen LogP contribution in [0.3, 0.4) is 0 Å². The van der Waals surface area contributed by atoms with Crippen molar-refractivity contribution in [2.45, 2.75) is 110 Å². The Morgan fingerprint density at radius 1 is 0.913 bits per heavy atom. The number of unbranched alkanes of at least 4 members (excludes halogenated alkanes) is 6. The molecule has 4 atom stereocenters. The van der Waals surface area contributed by atoms with E-state index < -0.39 is 42.3 Å². The van der Waals surface area contributed by atoms with E-state index >= 15 is 0 Å². The summed E-state index contributed by atoms with van der Waals surface area (Å²) in [7, 11) is -3.79. The van der Waals surface area contributed by atoms with Gasteiger partial charge in [0, 0.05) is 19.4 Å². The summed E-state index contributed by atoms with van der Waals surface area (Å²) in [5.74, 6) is -0.598. The highest BCUT2D eigenvalue weighted by molar-refractivity contribution is 7.53. The third-order valence-electron chi connectivity index (χ3n) is 8.61. The Morgan fingerprint density at radius 3 is 2.15 bits per heavy atom. The highest BCUT2D eigenvalue weighted by atomic mass is 31.2. The van der Waals surface area contributed by atoms with Crippen LogP contribution in [0.4, 0.5) is 9.59 Å². The van der Waals surface area contributed by atoms with Gasteiger partial charge in [0.1, 0.15) is 12.6 Å². The number of quaternary nitrogens is 1. The van der Waals surface area contributed by atoms with Crippen molar-refractivity contribution in [3.8, 4) is 0 Å². The van der Waals surface area contributed by atoms with Gasteiger partial charge in [-0.1, -0.05) is 99.7 Å². The molecule has 1 aliphatic heterocycles. The van der Waals surface area contributed by atoms with Crippen molar-refractivity contribution in [3.05, 3.63) is 71.8 Å². The van der Waals surface area contributed by atoms with Gasteiger partial charge in [-0.3, -0.25) is 9.09 Å². The molecule has 3 amide bonds. The topological polar surface area (TPSA) is 128 Å². The van der Waals surface area contributed by atoms with Gasteiger partial charge < -0.3 is 19.7 Å². The molecule has 0 radical (unpaired) electrons. The number of carbonyl (C=O) groups excluding carboxylic acids is 2. The number of hydrogen-bond acceptors (Lipinski definition) is 7. The molecule has 0 saturated carbocycles. The van der Waals surface area contributed by atoms with E-state index in [0.29, 0.717) is 38.6 Å². The SMILES string of the molecule is CCCCCCCCP(=O)(OCc1ccccc1)O[C@@H](CCCCNC(=O)OCc1ccccc1)C(=O)[N+]1(C(=O)O)CCC[C@H]1C. The number of carboxylic acid groups (broad SMARTS) is 1. The molecule has 0 aliphatic carbocycles. The molecule has 10 nitrogen and oxygen atoms in total. The van der Waals surface area contributed by atoms with Crippen LogP contribution in [-0.2, 0) is 36.4 Å². The molecular formula is C35H52N2O8P+. The minimum absolute atomic E-state index is 0.0548. The minimum atomic E-state index is -3.79. The van der Waals surface area contributed by atoms with Crippen LogP contribution in [0.15, 0.2) is 60.7 Å². The number of alkyl carbamates (subject to hydrolysis) is 1. The van der Waals surface area contributed by atoms with Gasteiger partial charge >= 0.3 is 25.7 Å². The average Bonchev–Trinajstić information content (AvgIpc) is 3.46. The number of benzene rings is 2. The summed E-state index contributed by atoms with van der Waals surface area (Å²) in [4.78, 5) is 38.9. The molecule has 46 heavy (non-hydrogen) atoms. The second-order valence-electron chi connectivity index (χ2n) is 12.1. The van der Waals surface area contributed by atoms with Crippen molar-refractivity contribution in [1.82, 2.24) is 5.32 Å². The van der Waals surface area contributed by atoms with E-state index in [9.17, 15) is 24.1 Å². The van der Waals surface area contributed by atoms with Gasteiger partial charge in [0.15, 0.2) is 6.10 Å². The fraction of sp³-hybridized carbons (Fsp3) is 0.571. The Bertz CT molecular complexity index is 1260. The van der Waals surface area contributed by atoms with Crippen LogP contribution in [0.5, 0.6) is 0 Å². The number of nitrogens with one attached hydrogen (secondary N) is 1. The molecule has 1 heterocycles. The molecule has 1 fully saturated rings. The van der Waals surface area contributed by atoms with Gasteiger partial charge in [-0.05, 0) is 43.7 Å². The Kier molecular flexibility index (Phi) is 15.9.